The Bertz CT molecular complexity index is 362. The van der Waals surface area contributed by atoms with E-state index in [1.807, 2.05) is 18.2 Å². The maximum atomic E-state index is 11.3. The molecule has 0 unspecified atom stereocenters. The van der Waals surface area contributed by atoms with Crippen LogP contribution in [-0.2, 0) is 20.1 Å². The van der Waals surface area contributed by atoms with E-state index in [9.17, 15) is 9.59 Å². The number of hydrogen-bond donors (Lipinski definition) is 0. The van der Waals surface area contributed by atoms with Crippen molar-refractivity contribution in [3.8, 4) is 0 Å². The van der Waals surface area contributed by atoms with Crippen LogP contribution in [0.15, 0.2) is 30.3 Å². The van der Waals surface area contributed by atoms with E-state index < -0.39 is 5.97 Å². The third-order valence-corrected chi connectivity index (χ3v) is 3.24. The van der Waals surface area contributed by atoms with Crippen molar-refractivity contribution in [3.63, 3.8) is 0 Å². The van der Waals surface area contributed by atoms with Gasteiger partial charge in [0.2, 0.25) is 0 Å². The number of carbonyl (C=O) groups is 2. The Morgan fingerprint density at radius 3 is 2.59 bits per heavy atom. The van der Waals surface area contributed by atoms with Crippen LogP contribution >= 0.6 is 11.8 Å². The van der Waals surface area contributed by atoms with Crippen LogP contribution in [0.25, 0.3) is 0 Å². The average Bonchev–Trinajstić information content (AvgIpc) is 2.36. The van der Waals surface area contributed by atoms with Gasteiger partial charge in [-0.15, -0.1) is 0 Å². The highest BCUT2D eigenvalue weighted by molar-refractivity contribution is 7.98. The van der Waals surface area contributed by atoms with Crippen molar-refractivity contribution in [1.29, 1.82) is 0 Å². The van der Waals surface area contributed by atoms with Gasteiger partial charge in [0.05, 0.1) is 7.11 Å². The number of rotatable bonds is 7. The fraction of sp³-hybridized carbons (Fsp3) is 0.385. The minimum atomic E-state index is -0.456. The summed E-state index contributed by atoms with van der Waals surface area (Å²) in [5, 5.41) is 0. The number of Topliss-reactive ketones (excluding diaryl/α,β-unsaturated/α-hetero) is 1. The van der Waals surface area contributed by atoms with Gasteiger partial charge < -0.3 is 4.74 Å². The molecular weight excluding hydrogens is 236 g/mol. The van der Waals surface area contributed by atoms with E-state index in [1.54, 1.807) is 11.8 Å². The van der Waals surface area contributed by atoms with Crippen molar-refractivity contribution in [3.05, 3.63) is 35.9 Å². The second-order valence-electron chi connectivity index (χ2n) is 3.58. The van der Waals surface area contributed by atoms with Crippen molar-refractivity contribution in [2.24, 2.45) is 0 Å². The molecular formula is C13H16O3S. The summed E-state index contributed by atoms with van der Waals surface area (Å²) in [4.78, 5) is 22.1. The number of thioether (sulfide) groups is 1. The first-order chi connectivity index (χ1) is 8.22. The number of benzene rings is 1. The number of carbonyl (C=O) groups excluding carboxylic acids is 2. The predicted octanol–water partition coefficient (Wildman–Crippen LogP) is 2.44. The second kappa shape index (κ2) is 7.90. The summed E-state index contributed by atoms with van der Waals surface area (Å²) in [6.07, 6.45) is 0.314. The Balaban J connectivity index is 2.12. The van der Waals surface area contributed by atoms with Gasteiger partial charge in [-0.3, -0.25) is 9.59 Å². The van der Waals surface area contributed by atoms with Gasteiger partial charge in [-0.2, -0.15) is 11.8 Å². The standard InChI is InChI=1S/C13H16O3S/c1-16-13(15)9-12(14)7-8-17-10-11-5-3-2-4-6-11/h2-6H,7-10H2,1H3. The number of hydrogen-bond acceptors (Lipinski definition) is 4. The highest BCUT2D eigenvalue weighted by atomic mass is 32.2. The summed E-state index contributed by atoms with van der Waals surface area (Å²) in [6.45, 7) is 0. The van der Waals surface area contributed by atoms with Gasteiger partial charge in [0.15, 0.2) is 0 Å². The topological polar surface area (TPSA) is 43.4 Å². The summed E-state index contributed by atoms with van der Waals surface area (Å²) in [5.74, 6) is 1.12. The van der Waals surface area contributed by atoms with Gasteiger partial charge in [-0.1, -0.05) is 30.3 Å². The van der Waals surface area contributed by atoms with E-state index in [2.05, 4.69) is 16.9 Å². The SMILES string of the molecule is COC(=O)CC(=O)CCSCc1ccccc1. The fourth-order valence-corrected chi connectivity index (χ4v) is 2.22. The van der Waals surface area contributed by atoms with E-state index >= 15 is 0 Å². The summed E-state index contributed by atoms with van der Waals surface area (Å²) >= 11 is 1.70. The van der Waals surface area contributed by atoms with Gasteiger partial charge in [-0.25, -0.2) is 0 Å². The lowest BCUT2D eigenvalue weighted by Gasteiger charge is -2.01. The van der Waals surface area contributed by atoms with Gasteiger partial charge in [0, 0.05) is 17.9 Å². The molecule has 0 aromatic heterocycles. The first-order valence-corrected chi connectivity index (χ1v) is 6.58. The number of ether oxygens (including phenoxy) is 1. The van der Waals surface area contributed by atoms with Crippen LogP contribution in [0, 0.1) is 0 Å². The second-order valence-corrected chi connectivity index (χ2v) is 4.68. The Morgan fingerprint density at radius 2 is 1.94 bits per heavy atom. The van der Waals surface area contributed by atoms with Crippen molar-refractivity contribution < 1.29 is 14.3 Å². The minimum Gasteiger partial charge on any atom is -0.469 e. The summed E-state index contributed by atoms with van der Waals surface area (Å²) < 4.78 is 4.43. The molecule has 0 atom stereocenters. The Kier molecular flexibility index (Phi) is 6.40. The minimum absolute atomic E-state index is 0.0580. The molecule has 4 heteroatoms. The zero-order valence-electron chi connectivity index (χ0n) is 9.85. The van der Waals surface area contributed by atoms with Crippen LogP contribution in [-0.4, -0.2) is 24.6 Å². The maximum absolute atomic E-state index is 11.3. The van der Waals surface area contributed by atoms with E-state index in [0.717, 1.165) is 11.5 Å². The molecule has 0 bridgehead atoms. The molecule has 1 aromatic carbocycles. The first kappa shape index (κ1) is 13.8. The van der Waals surface area contributed by atoms with Gasteiger partial charge in [0.25, 0.3) is 0 Å². The Morgan fingerprint density at radius 1 is 1.24 bits per heavy atom. The summed E-state index contributed by atoms with van der Waals surface area (Å²) in [6, 6.07) is 10.1. The third kappa shape index (κ3) is 6.12. The van der Waals surface area contributed by atoms with Crippen LogP contribution in [0.5, 0.6) is 0 Å². The fourth-order valence-electron chi connectivity index (χ4n) is 1.27. The molecule has 17 heavy (non-hydrogen) atoms. The molecule has 92 valence electrons. The molecule has 1 aromatic rings. The van der Waals surface area contributed by atoms with E-state index in [4.69, 9.17) is 0 Å². The molecule has 0 spiro atoms. The zero-order chi connectivity index (χ0) is 12.5. The molecule has 0 aliphatic carbocycles. The van der Waals surface area contributed by atoms with E-state index in [-0.39, 0.29) is 12.2 Å². The van der Waals surface area contributed by atoms with Crippen molar-refractivity contribution in [2.45, 2.75) is 18.6 Å². The molecule has 3 nitrogen and oxygen atoms in total. The van der Waals surface area contributed by atoms with Crippen LogP contribution in [0.1, 0.15) is 18.4 Å². The quantitative estimate of drug-likeness (QED) is 0.425. The third-order valence-electron chi connectivity index (χ3n) is 2.21. The number of methoxy groups -OCH3 is 1. The van der Waals surface area contributed by atoms with Crippen LogP contribution in [0.2, 0.25) is 0 Å². The molecule has 0 amide bonds. The average molecular weight is 252 g/mol. The van der Waals surface area contributed by atoms with Crippen LogP contribution in [0.4, 0.5) is 0 Å². The van der Waals surface area contributed by atoms with Crippen molar-refractivity contribution in [2.75, 3.05) is 12.9 Å². The molecule has 1 rings (SSSR count). The number of ketones is 1. The molecule has 0 saturated heterocycles. The lowest BCUT2D eigenvalue weighted by atomic mass is 10.2. The van der Waals surface area contributed by atoms with E-state index in [0.29, 0.717) is 6.42 Å². The zero-order valence-corrected chi connectivity index (χ0v) is 10.7. The predicted molar refractivity (Wildman–Crippen MR) is 68.9 cm³/mol. The largest absolute Gasteiger partial charge is 0.469 e. The summed E-state index contributed by atoms with van der Waals surface area (Å²) in [7, 11) is 1.29. The maximum Gasteiger partial charge on any atom is 0.313 e. The summed E-state index contributed by atoms with van der Waals surface area (Å²) in [5.41, 5.74) is 1.25. The van der Waals surface area contributed by atoms with Gasteiger partial charge in [-0.05, 0) is 5.56 Å². The Hall–Kier alpha value is -1.29. The number of esters is 1. The molecule has 0 saturated carbocycles. The van der Waals surface area contributed by atoms with Crippen LogP contribution < -0.4 is 0 Å². The lowest BCUT2D eigenvalue weighted by molar-refractivity contribution is -0.143. The molecule has 0 N–H and O–H groups in total. The molecule has 0 aliphatic rings. The molecule has 0 aliphatic heterocycles. The highest BCUT2D eigenvalue weighted by Gasteiger charge is 2.08. The smallest absolute Gasteiger partial charge is 0.313 e. The van der Waals surface area contributed by atoms with Gasteiger partial charge in [0.1, 0.15) is 12.2 Å². The monoisotopic (exact) mass is 252 g/mol. The van der Waals surface area contributed by atoms with Crippen molar-refractivity contribution in [1.82, 2.24) is 0 Å². The Labute approximate surface area is 106 Å². The first-order valence-electron chi connectivity index (χ1n) is 5.42. The van der Waals surface area contributed by atoms with Crippen molar-refractivity contribution >= 4 is 23.5 Å². The molecule has 0 radical (unpaired) electrons. The molecule has 0 fully saturated rings. The van der Waals surface area contributed by atoms with Gasteiger partial charge >= 0.3 is 5.97 Å². The lowest BCUT2D eigenvalue weighted by Crippen LogP contribution is -2.09. The molecule has 0 heterocycles. The van der Waals surface area contributed by atoms with E-state index in [1.165, 1.54) is 12.7 Å². The normalized spacial score (nSPS) is 9.94. The highest BCUT2D eigenvalue weighted by Crippen LogP contribution is 2.13. The van der Waals surface area contributed by atoms with Crippen LogP contribution in [0.3, 0.4) is 0 Å².